The predicted molar refractivity (Wildman–Crippen MR) is 156 cm³/mol. The molecule has 7 nitrogen and oxygen atoms in total. The summed E-state index contributed by atoms with van der Waals surface area (Å²) in [5.74, 6) is -1.98. The van der Waals surface area contributed by atoms with Crippen molar-refractivity contribution >= 4 is 50.7 Å². The van der Waals surface area contributed by atoms with Crippen LogP contribution in [0.4, 0.5) is 10.1 Å². The molecular formula is C29H32Cl2FN3O4S. The highest BCUT2D eigenvalue weighted by Crippen LogP contribution is 2.28. The van der Waals surface area contributed by atoms with Crippen LogP contribution in [0.5, 0.6) is 0 Å². The van der Waals surface area contributed by atoms with Crippen LogP contribution in [-0.2, 0) is 26.2 Å². The molecule has 0 saturated heterocycles. The van der Waals surface area contributed by atoms with Gasteiger partial charge in [-0.3, -0.25) is 13.9 Å². The lowest BCUT2D eigenvalue weighted by atomic mass is 10.1. The first-order valence-corrected chi connectivity index (χ1v) is 14.7. The number of carbonyl (C=O) groups excluding carboxylic acids is 2. The van der Waals surface area contributed by atoms with Crippen molar-refractivity contribution in [3.8, 4) is 0 Å². The Balaban J connectivity index is 2.06. The Morgan fingerprint density at radius 2 is 1.60 bits per heavy atom. The van der Waals surface area contributed by atoms with Gasteiger partial charge in [-0.2, -0.15) is 0 Å². The molecule has 0 aliphatic heterocycles. The lowest BCUT2D eigenvalue weighted by molar-refractivity contribution is -0.140. The average molecular weight is 609 g/mol. The Hall–Kier alpha value is -3.14. The molecule has 3 aromatic carbocycles. The third-order valence-corrected chi connectivity index (χ3v) is 8.52. The van der Waals surface area contributed by atoms with E-state index in [4.69, 9.17) is 23.2 Å². The molecule has 0 spiro atoms. The van der Waals surface area contributed by atoms with Gasteiger partial charge < -0.3 is 10.2 Å². The molecule has 0 heterocycles. The molecule has 1 N–H and O–H groups in total. The minimum Gasteiger partial charge on any atom is -0.350 e. The second-order valence-corrected chi connectivity index (χ2v) is 13.1. The Morgan fingerprint density at radius 1 is 0.975 bits per heavy atom. The number of carbonyl (C=O) groups is 2. The fourth-order valence-corrected chi connectivity index (χ4v) is 5.64. The van der Waals surface area contributed by atoms with Crippen LogP contribution in [0.3, 0.4) is 0 Å². The van der Waals surface area contributed by atoms with E-state index in [-0.39, 0.29) is 22.2 Å². The molecule has 0 radical (unpaired) electrons. The van der Waals surface area contributed by atoms with Crippen molar-refractivity contribution in [3.05, 3.63) is 93.7 Å². The SMILES string of the molecule is Cc1ccc(S(=O)(=O)N(CC(=O)N(Cc2ccc(Cl)c(Cl)c2)[C@H](C)C(=O)NC(C)(C)C)c2ccccc2F)cc1. The molecule has 214 valence electrons. The smallest absolute Gasteiger partial charge is 0.264 e. The summed E-state index contributed by atoms with van der Waals surface area (Å²) in [6, 6.07) is 15.1. The van der Waals surface area contributed by atoms with Crippen LogP contribution in [0.25, 0.3) is 0 Å². The second kappa shape index (κ2) is 12.6. The molecule has 0 unspecified atom stereocenters. The van der Waals surface area contributed by atoms with Gasteiger partial charge in [0.15, 0.2) is 0 Å². The largest absolute Gasteiger partial charge is 0.350 e. The van der Waals surface area contributed by atoms with Gasteiger partial charge in [0.25, 0.3) is 10.0 Å². The monoisotopic (exact) mass is 607 g/mol. The molecule has 1 atom stereocenters. The van der Waals surface area contributed by atoms with Crippen LogP contribution in [0.1, 0.15) is 38.8 Å². The summed E-state index contributed by atoms with van der Waals surface area (Å²) in [7, 11) is -4.38. The second-order valence-electron chi connectivity index (χ2n) is 10.5. The summed E-state index contributed by atoms with van der Waals surface area (Å²) < 4.78 is 43.2. The van der Waals surface area contributed by atoms with E-state index in [2.05, 4.69) is 5.32 Å². The minimum absolute atomic E-state index is 0.0792. The molecule has 0 bridgehead atoms. The first-order chi connectivity index (χ1) is 18.6. The van der Waals surface area contributed by atoms with E-state index < -0.39 is 45.8 Å². The van der Waals surface area contributed by atoms with E-state index >= 15 is 0 Å². The van der Waals surface area contributed by atoms with Gasteiger partial charge in [-0.1, -0.05) is 59.1 Å². The number of aryl methyl sites for hydroxylation is 1. The zero-order valence-electron chi connectivity index (χ0n) is 22.9. The predicted octanol–water partition coefficient (Wildman–Crippen LogP) is 5.97. The molecule has 0 aliphatic rings. The molecule has 0 saturated carbocycles. The number of sulfonamides is 1. The van der Waals surface area contributed by atoms with E-state index in [1.165, 1.54) is 35.2 Å². The van der Waals surface area contributed by atoms with E-state index in [1.807, 2.05) is 0 Å². The molecule has 11 heteroatoms. The minimum atomic E-state index is -4.38. The van der Waals surface area contributed by atoms with E-state index in [0.717, 1.165) is 15.9 Å². The van der Waals surface area contributed by atoms with Gasteiger partial charge in [-0.15, -0.1) is 0 Å². The first kappa shape index (κ1) is 31.4. The van der Waals surface area contributed by atoms with Crippen molar-refractivity contribution in [2.45, 2.75) is 57.6 Å². The zero-order chi connectivity index (χ0) is 29.8. The third-order valence-electron chi connectivity index (χ3n) is 6.01. The van der Waals surface area contributed by atoms with Crippen LogP contribution in [-0.4, -0.2) is 43.3 Å². The number of nitrogens with zero attached hydrogens (tertiary/aromatic N) is 2. The van der Waals surface area contributed by atoms with Crippen molar-refractivity contribution in [3.63, 3.8) is 0 Å². The molecule has 0 aromatic heterocycles. The van der Waals surface area contributed by atoms with Crippen LogP contribution >= 0.6 is 23.2 Å². The third kappa shape index (κ3) is 7.74. The highest BCUT2D eigenvalue weighted by Gasteiger charge is 2.34. The number of anilines is 1. The topological polar surface area (TPSA) is 86.8 Å². The van der Waals surface area contributed by atoms with E-state index in [9.17, 15) is 22.4 Å². The van der Waals surface area contributed by atoms with Crippen molar-refractivity contribution in [1.29, 1.82) is 0 Å². The number of para-hydroxylation sites is 1. The van der Waals surface area contributed by atoms with E-state index in [1.54, 1.807) is 65.0 Å². The number of hydrogen-bond donors (Lipinski definition) is 1. The molecule has 3 rings (SSSR count). The van der Waals surface area contributed by atoms with Gasteiger partial charge >= 0.3 is 0 Å². The van der Waals surface area contributed by atoms with Gasteiger partial charge in [-0.25, -0.2) is 12.8 Å². The Bertz CT molecular complexity index is 1490. The fourth-order valence-electron chi connectivity index (χ4n) is 3.90. The first-order valence-electron chi connectivity index (χ1n) is 12.5. The zero-order valence-corrected chi connectivity index (χ0v) is 25.2. The maximum atomic E-state index is 15.0. The van der Waals surface area contributed by atoms with Crippen molar-refractivity contribution in [1.82, 2.24) is 10.2 Å². The van der Waals surface area contributed by atoms with Gasteiger partial charge in [0.1, 0.15) is 18.4 Å². The van der Waals surface area contributed by atoms with Crippen molar-refractivity contribution < 1.29 is 22.4 Å². The quantitative estimate of drug-likeness (QED) is 0.325. The average Bonchev–Trinajstić information content (AvgIpc) is 2.87. The van der Waals surface area contributed by atoms with E-state index in [0.29, 0.717) is 10.6 Å². The molecule has 40 heavy (non-hydrogen) atoms. The van der Waals surface area contributed by atoms with Crippen molar-refractivity contribution in [2.24, 2.45) is 0 Å². The maximum absolute atomic E-state index is 15.0. The van der Waals surface area contributed by atoms with Gasteiger partial charge in [0.2, 0.25) is 11.8 Å². The maximum Gasteiger partial charge on any atom is 0.264 e. The van der Waals surface area contributed by atoms with Gasteiger partial charge in [0, 0.05) is 12.1 Å². The summed E-state index contributed by atoms with van der Waals surface area (Å²) in [6.45, 7) is 7.91. The highest BCUT2D eigenvalue weighted by molar-refractivity contribution is 7.92. The number of nitrogens with one attached hydrogen (secondary N) is 1. The Labute approximate surface area is 244 Å². The number of benzene rings is 3. The highest BCUT2D eigenvalue weighted by atomic mass is 35.5. The number of rotatable bonds is 9. The van der Waals surface area contributed by atoms with Crippen LogP contribution < -0.4 is 9.62 Å². The van der Waals surface area contributed by atoms with Crippen LogP contribution in [0, 0.1) is 12.7 Å². The van der Waals surface area contributed by atoms with Crippen LogP contribution in [0.2, 0.25) is 10.0 Å². The normalized spacial score (nSPS) is 12.5. The number of halogens is 3. The van der Waals surface area contributed by atoms with Gasteiger partial charge in [-0.05, 0) is 76.6 Å². The molecule has 0 fully saturated rings. The molecule has 2 amide bonds. The number of hydrogen-bond acceptors (Lipinski definition) is 4. The summed E-state index contributed by atoms with van der Waals surface area (Å²) in [5.41, 5.74) is 0.520. The lowest BCUT2D eigenvalue weighted by Crippen LogP contribution is -2.54. The summed E-state index contributed by atoms with van der Waals surface area (Å²) in [6.07, 6.45) is 0. The van der Waals surface area contributed by atoms with Crippen LogP contribution in [0.15, 0.2) is 71.6 Å². The fraction of sp³-hybridized carbons (Fsp3) is 0.310. The van der Waals surface area contributed by atoms with Gasteiger partial charge in [0.05, 0.1) is 20.6 Å². The summed E-state index contributed by atoms with van der Waals surface area (Å²) >= 11 is 12.2. The molecule has 0 aliphatic carbocycles. The Kier molecular flexibility index (Phi) is 9.87. The summed E-state index contributed by atoms with van der Waals surface area (Å²) in [5, 5.41) is 3.42. The number of amides is 2. The Morgan fingerprint density at radius 3 is 2.17 bits per heavy atom. The molecule has 3 aromatic rings. The molecular weight excluding hydrogens is 576 g/mol. The van der Waals surface area contributed by atoms with Crippen molar-refractivity contribution in [2.75, 3.05) is 10.8 Å². The standard InChI is InChI=1S/C29H32Cl2FN3O4S/c1-19-10-13-22(14-11-19)40(38,39)35(26-9-7-6-8-25(26)32)18-27(36)34(20(2)28(37)33-29(3,4)5)17-21-12-15-23(30)24(31)16-21/h6-16,20H,17-18H2,1-5H3,(H,33,37)/t20-/m1/s1. The lowest BCUT2D eigenvalue weighted by Gasteiger charge is -2.33. The summed E-state index contributed by atoms with van der Waals surface area (Å²) in [4.78, 5) is 28.2.